The van der Waals surface area contributed by atoms with Crippen molar-refractivity contribution in [2.24, 2.45) is 0 Å². The van der Waals surface area contributed by atoms with Gasteiger partial charge in [0.2, 0.25) is 0 Å². The molecule has 6 nitrogen and oxygen atoms in total. The van der Waals surface area contributed by atoms with Crippen LogP contribution in [-0.4, -0.2) is 29.9 Å². The summed E-state index contributed by atoms with van der Waals surface area (Å²) in [6, 6.07) is 15.3. The van der Waals surface area contributed by atoms with Crippen LogP contribution < -0.4 is 19.7 Å². The van der Waals surface area contributed by atoms with E-state index in [9.17, 15) is 14.0 Å². The number of amides is 2. The van der Waals surface area contributed by atoms with Gasteiger partial charge in [0, 0.05) is 5.69 Å². The zero-order chi connectivity index (χ0) is 25.8. The van der Waals surface area contributed by atoms with E-state index in [1.807, 2.05) is 0 Å². The van der Waals surface area contributed by atoms with E-state index < -0.39 is 11.7 Å². The molecule has 1 N–H and O–H groups in total. The Labute approximate surface area is 226 Å². The van der Waals surface area contributed by atoms with Crippen molar-refractivity contribution in [3.05, 3.63) is 87.0 Å². The maximum absolute atomic E-state index is 13.0. The third-order valence-corrected chi connectivity index (χ3v) is 6.97. The van der Waals surface area contributed by atoms with Crippen LogP contribution >= 0.6 is 47.2 Å². The molecular formula is C25H17Cl2FN2O4S2. The van der Waals surface area contributed by atoms with Gasteiger partial charge >= 0.3 is 0 Å². The van der Waals surface area contributed by atoms with Crippen LogP contribution in [-0.2, 0) is 9.59 Å². The van der Waals surface area contributed by atoms with Crippen LogP contribution in [0.3, 0.4) is 0 Å². The fraction of sp³-hybridized carbons (Fsp3) is 0.0800. The molecular weight excluding hydrogens is 546 g/mol. The van der Waals surface area contributed by atoms with E-state index in [4.69, 9.17) is 44.9 Å². The molecule has 184 valence electrons. The summed E-state index contributed by atoms with van der Waals surface area (Å²) in [5, 5.41) is 3.31. The molecule has 0 aliphatic carbocycles. The predicted molar refractivity (Wildman–Crippen MR) is 146 cm³/mol. The lowest BCUT2D eigenvalue weighted by molar-refractivity contribution is -0.118. The number of ether oxygens (including phenoxy) is 2. The zero-order valence-corrected chi connectivity index (χ0v) is 21.7. The van der Waals surface area contributed by atoms with E-state index in [-0.39, 0.29) is 12.5 Å². The number of thiocarbonyl (C=S) groups is 1. The number of carbonyl (C=O) groups is 2. The average molecular weight is 563 g/mol. The summed E-state index contributed by atoms with van der Waals surface area (Å²) in [4.78, 5) is 27.0. The van der Waals surface area contributed by atoms with Crippen molar-refractivity contribution in [1.29, 1.82) is 0 Å². The molecule has 0 saturated carbocycles. The van der Waals surface area contributed by atoms with E-state index in [1.165, 1.54) is 36.3 Å². The Morgan fingerprint density at radius 3 is 2.53 bits per heavy atom. The van der Waals surface area contributed by atoms with Gasteiger partial charge < -0.3 is 14.8 Å². The van der Waals surface area contributed by atoms with Crippen molar-refractivity contribution >= 4 is 80.8 Å². The molecule has 0 radical (unpaired) electrons. The number of anilines is 2. The summed E-state index contributed by atoms with van der Waals surface area (Å²) < 4.78 is 24.4. The van der Waals surface area contributed by atoms with E-state index in [0.717, 1.165) is 11.8 Å². The second-order valence-electron chi connectivity index (χ2n) is 7.37. The fourth-order valence-electron chi connectivity index (χ4n) is 3.23. The maximum Gasteiger partial charge on any atom is 0.270 e. The van der Waals surface area contributed by atoms with Crippen molar-refractivity contribution < 1.29 is 23.5 Å². The number of benzene rings is 3. The summed E-state index contributed by atoms with van der Waals surface area (Å²) >= 11 is 18.6. The minimum atomic E-state index is -0.418. The third kappa shape index (κ3) is 5.99. The standard InChI is InChI=1S/C25H17Cl2FN2O4S2/c1-33-21-10-14(2-9-20(21)34-13-23(31)29-16-5-3-15(28)4-6-16)11-22-24(32)30(25(35)36-22)17-7-8-18(26)19(27)12-17/h2-12H,13H2,1H3,(H,29,31)/b22-11-. The zero-order valence-electron chi connectivity index (χ0n) is 18.6. The first-order chi connectivity index (χ1) is 17.2. The maximum atomic E-state index is 13.0. The Balaban J connectivity index is 1.45. The van der Waals surface area contributed by atoms with Gasteiger partial charge in [0.25, 0.3) is 11.8 Å². The molecule has 0 bridgehead atoms. The molecule has 0 unspecified atom stereocenters. The first-order valence-corrected chi connectivity index (χ1v) is 12.3. The monoisotopic (exact) mass is 562 g/mol. The quantitative estimate of drug-likeness (QED) is 0.259. The number of nitrogens with zero attached hydrogens (tertiary/aromatic N) is 1. The van der Waals surface area contributed by atoms with Crippen molar-refractivity contribution in [2.75, 3.05) is 23.9 Å². The molecule has 3 aromatic carbocycles. The van der Waals surface area contributed by atoms with Crippen LogP contribution in [0.15, 0.2) is 65.6 Å². The number of methoxy groups -OCH3 is 1. The molecule has 4 rings (SSSR count). The van der Waals surface area contributed by atoms with E-state index in [0.29, 0.717) is 47.7 Å². The highest BCUT2D eigenvalue weighted by molar-refractivity contribution is 8.27. The Morgan fingerprint density at radius 1 is 1.08 bits per heavy atom. The highest BCUT2D eigenvalue weighted by Gasteiger charge is 2.33. The van der Waals surface area contributed by atoms with Gasteiger partial charge in [-0.1, -0.05) is 53.2 Å². The van der Waals surface area contributed by atoms with E-state index in [2.05, 4.69) is 5.32 Å². The minimum Gasteiger partial charge on any atom is -0.493 e. The minimum absolute atomic E-state index is 0.282. The molecule has 0 aromatic heterocycles. The number of thioether (sulfide) groups is 1. The van der Waals surface area contributed by atoms with Crippen LogP contribution in [0.1, 0.15) is 5.56 Å². The molecule has 1 fully saturated rings. The van der Waals surface area contributed by atoms with Crippen LogP contribution in [0.2, 0.25) is 10.0 Å². The normalized spacial score (nSPS) is 14.3. The first-order valence-electron chi connectivity index (χ1n) is 10.3. The Kier molecular flexibility index (Phi) is 8.15. The van der Waals surface area contributed by atoms with Gasteiger partial charge in [0.1, 0.15) is 5.82 Å². The fourth-order valence-corrected chi connectivity index (χ4v) is 4.82. The Morgan fingerprint density at radius 2 is 1.83 bits per heavy atom. The van der Waals surface area contributed by atoms with Gasteiger partial charge in [-0.15, -0.1) is 0 Å². The lowest BCUT2D eigenvalue weighted by atomic mass is 10.2. The van der Waals surface area contributed by atoms with Gasteiger partial charge in [0.05, 0.1) is 27.7 Å². The van der Waals surface area contributed by atoms with Crippen molar-refractivity contribution in [2.45, 2.75) is 0 Å². The molecule has 1 heterocycles. The number of halogens is 3. The van der Waals surface area contributed by atoms with E-state index in [1.54, 1.807) is 42.5 Å². The van der Waals surface area contributed by atoms with Crippen LogP contribution in [0.4, 0.5) is 15.8 Å². The molecule has 2 amide bonds. The molecule has 36 heavy (non-hydrogen) atoms. The van der Waals surface area contributed by atoms with Gasteiger partial charge in [-0.05, 0) is 66.2 Å². The number of hydrogen-bond donors (Lipinski definition) is 1. The first kappa shape index (κ1) is 26.0. The molecule has 0 spiro atoms. The molecule has 1 aliphatic heterocycles. The molecule has 0 atom stereocenters. The summed E-state index contributed by atoms with van der Waals surface area (Å²) in [6.07, 6.45) is 1.68. The third-order valence-electron chi connectivity index (χ3n) is 4.93. The summed E-state index contributed by atoms with van der Waals surface area (Å²) in [5.41, 5.74) is 1.64. The molecule has 3 aromatic rings. The average Bonchev–Trinajstić information content (AvgIpc) is 3.13. The topological polar surface area (TPSA) is 67.9 Å². The SMILES string of the molecule is COc1cc(/C=C2\SC(=S)N(c3ccc(Cl)c(Cl)c3)C2=O)ccc1OCC(=O)Nc1ccc(F)cc1. The van der Waals surface area contributed by atoms with E-state index >= 15 is 0 Å². The molecule has 1 aliphatic rings. The summed E-state index contributed by atoms with van der Waals surface area (Å²) in [6.45, 7) is -0.282. The lowest BCUT2D eigenvalue weighted by Gasteiger charge is -2.15. The smallest absolute Gasteiger partial charge is 0.270 e. The second-order valence-corrected chi connectivity index (χ2v) is 9.86. The lowest BCUT2D eigenvalue weighted by Crippen LogP contribution is -2.27. The Bertz CT molecular complexity index is 1380. The van der Waals surface area contributed by atoms with Crippen LogP contribution in [0.5, 0.6) is 11.5 Å². The number of hydrogen-bond acceptors (Lipinski definition) is 6. The van der Waals surface area contributed by atoms with Crippen molar-refractivity contribution in [1.82, 2.24) is 0 Å². The Hall–Kier alpha value is -3.11. The van der Waals surface area contributed by atoms with Crippen molar-refractivity contribution in [3.63, 3.8) is 0 Å². The number of nitrogens with one attached hydrogen (secondary N) is 1. The summed E-state index contributed by atoms with van der Waals surface area (Å²) in [5.74, 6) is -0.393. The largest absolute Gasteiger partial charge is 0.493 e. The molecule has 11 heteroatoms. The molecule has 1 saturated heterocycles. The van der Waals surface area contributed by atoms with Gasteiger partial charge in [-0.2, -0.15) is 0 Å². The van der Waals surface area contributed by atoms with Gasteiger partial charge in [-0.3, -0.25) is 14.5 Å². The highest BCUT2D eigenvalue weighted by Crippen LogP contribution is 2.38. The van der Waals surface area contributed by atoms with Crippen LogP contribution in [0.25, 0.3) is 6.08 Å². The number of rotatable bonds is 7. The predicted octanol–water partition coefficient (Wildman–Crippen LogP) is 6.56. The highest BCUT2D eigenvalue weighted by atomic mass is 35.5. The van der Waals surface area contributed by atoms with Gasteiger partial charge in [0.15, 0.2) is 22.4 Å². The van der Waals surface area contributed by atoms with Crippen LogP contribution in [0, 0.1) is 5.82 Å². The van der Waals surface area contributed by atoms with Crippen molar-refractivity contribution in [3.8, 4) is 11.5 Å². The summed E-state index contributed by atoms with van der Waals surface area (Å²) in [7, 11) is 1.47. The second kappa shape index (κ2) is 11.3. The van der Waals surface area contributed by atoms with Gasteiger partial charge in [-0.25, -0.2) is 4.39 Å². The number of carbonyl (C=O) groups excluding carboxylic acids is 2.